The fourth-order valence-electron chi connectivity index (χ4n) is 4.55. The monoisotopic (exact) mass is 446 g/mol. The van der Waals surface area contributed by atoms with Crippen LogP contribution in [-0.4, -0.2) is 78.3 Å². The molecule has 178 valence electrons. The van der Waals surface area contributed by atoms with E-state index in [9.17, 15) is 9.59 Å². The van der Waals surface area contributed by atoms with Gasteiger partial charge in [-0.3, -0.25) is 9.78 Å². The van der Waals surface area contributed by atoms with Gasteiger partial charge in [0.15, 0.2) is 0 Å². The Kier molecular flexibility index (Phi) is 8.48. The van der Waals surface area contributed by atoms with Crippen LogP contribution in [0.1, 0.15) is 45.6 Å². The molecule has 8 heteroatoms. The first-order chi connectivity index (χ1) is 15.2. The number of alkyl carbamates (subject to hydrolysis) is 1. The van der Waals surface area contributed by atoms with Gasteiger partial charge in [-0.2, -0.15) is 0 Å². The van der Waals surface area contributed by atoms with Gasteiger partial charge in [0.2, 0.25) is 5.91 Å². The fourth-order valence-corrected chi connectivity index (χ4v) is 4.55. The summed E-state index contributed by atoms with van der Waals surface area (Å²) < 4.78 is 10.9. The number of amides is 2. The third-order valence-electron chi connectivity index (χ3n) is 6.02. The summed E-state index contributed by atoms with van der Waals surface area (Å²) in [6.07, 6.45) is 5.63. The summed E-state index contributed by atoms with van der Waals surface area (Å²) >= 11 is 0. The summed E-state index contributed by atoms with van der Waals surface area (Å²) in [5.41, 5.74) is 0.576. The molecule has 0 aliphatic carbocycles. The molecule has 0 unspecified atom stereocenters. The van der Waals surface area contributed by atoms with Crippen LogP contribution in [0.15, 0.2) is 24.5 Å². The number of pyridine rings is 1. The van der Waals surface area contributed by atoms with Crippen molar-refractivity contribution >= 4 is 12.0 Å². The Balaban J connectivity index is 1.57. The second-order valence-electron chi connectivity index (χ2n) is 10.1. The quantitative estimate of drug-likeness (QED) is 0.693. The molecule has 2 fully saturated rings. The zero-order valence-corrected chi connectivity index (χ0v) is 19.9. The zero-order chi connectivity index (χ0) is 23.1. The molecule has 0 bridgehead atoms. The average Bonchev–Trinajstić information content (AvgIpc) is 3.20. The molecule has 0 saturated carbocycles. The van der Waals surface area contributed by atoms with Crippen LogP contribution in [-0.2, 0) is 20.8 Å². The second-order valence-corrected chi connectivity index (χ2v) is 10.1. The van der Waals surface area contributed by atoms with Crippen LogP contribution in [0.3, 0.4) is 0 Å². The van der Waals surface area contributed by atoms with Crippen molar-refractivity contribution in [1.29, 1.82) is 0 Å². The van der Waals surface area contributed by atoms with Crippen LogP contribution >= 0.6 is 0 Å². The molecule has 3 rings (SSSR count). The van der Waals surface area contributed by atoms with Crippen LogP contribution < -0.4 is 5.32 Å². The van der Waals surface area contributed by atoms with Gasteiger partial charge in [-0.15, -0.1) is 0 Å². The molecule has 2 atom stereocenters. The van der Waals surface area contributed by atoms with E-state index in [1.165, 1.54) is 5.56 Å². The van der Waals surface area contributed by atoms with Crippen LogP contribution in [0.25, 0.3) is 0 Å². The Labute approximate surface area is 191 Å². The smallest absolute Gasteiger partial charge is 0.408 e. The fraction of sp³-hybridized carbons (Fsp3) is 0.708. The SMILES string of the molecule is CN(Cc1cccnc1)C[C@H]1CCN(C(=O)[C@H](NC(=O)OC(C)(C)C)C2CCOCC2)C1. The summed E-state index contributed by atoms with van der Waals surface area (Å²) in [5, 5.41) is 2.88. The van der Waals surface area contributed by atoms with Crippen molar-refractivity contribution in [2.75, 3.05) is 39.9 Å². The lowest BCUT2D eigenvalue weighted by molar-refractivity contribution is -0.135. The molecule has 0 aromatic carbocycles. The molecule has 2 saturated heterocycles. The number of hydrogen-bond donors (Lipinski definition) is 1. The first kappa shape index (κ1) is 24.5. The van der Waals surface area contributed by atoms with Crippen molar-refractivity contribution in [3.63, 3.8) is 0 Å². The number of ether oxygens (including phenoxy) is 2. The molecule has 2 aliphatic rings. The van der Waals surface area contributed by atoms with Gasteiger partial charge >= 0.3 is 6.09 Å². The van der Waals surface area contributed by atoms with Crippen molar-refractivity contribution in [3.05, 3.63) is 30.1 Å². The van der Waals surface area contributed by atoms with Crippen molar-refractivity contribution in [3.8, 4) is 0 Å². The number of aromatic nitrogens is 1. The molecule has 3 heterocycles. The van der Waals surface area contributed by atoms with Crippen LogP contribution in [0, 0.1) is 11.8 Å². The molecular weight excluding hydrogens is 408 g/mol. The van der Waals surface area contributed by atoms with Crippen molar-refractivity contribution in [1.82, 2.24) is 20.1 Å². The van der Waals surface area contributed by atoms with Crippen LogP contribution in [0.2, 0.25) is 0 Å². The zero-order valence-electron chi connectivity index (χ0n) is 19.9. The minimum atomic E-state index is -0.606. The molecule has 1 aromatic heterocycles. The summed E-state index contributed by atoms with van der Waals surface area (Å²) in [5.74, 6) is 0.480. The number of hydrogen-bond acceptors (Lipinski definition) is 6. The van der Waals surface area contributed by atoms with E-state index in [1.54, 1.807) is 6.20 Å². The lowest BCUT2D eigenvalue weighted by Crippen LogP contribution is -2.53. The Morgan fingerprint density at radius 3 is 2.72 bits per heavy atom. The highest BCUT2D eigenvalue weighted by Crippen LogP contribution is 2.25. The predicted octanol–water partition coefficient (Wildman–Crippen LogP) is 2.68. The summed E-state index contributed by atoms with van der Waals surface area (Å²) in [6, 6.07) is 3.46. The normalized spacial score (nSPS) is 20.9. The molecule has 2 aliphatic heterocycles. The number of nitrogens with zero attached hydrogens (tertiary/aromatic N) is 3. The van der Waals surface area contributed by atoms with E-state index in [0.717, 1.165) is 38.9 Å². The van der Waals surface area contributed by atoms with Gasteiger partial charge in [-0.25, -0.2) is 4.79 Å². The van der Waals surface area contributed by atoms with Crippen molar-refractivity contribution < 1.29 is 19.1 Å². The Morgan fingerprint density at radius 1 is 1.31 bits per heavy atom. The molecule has 1 N–H and O–H groups in total. The standard InChI is InChI=1S/C24H38N4O4/c1-24(2,3)32-23(30)26-21(20-8-12-31-13-9-20)22(29)28-11-7-19(17-28)16-27(4)15-18-6-5-10-25-14-18/h5-6,10,14,19-21H,7-9,11-13,15-17H2,1-4H3,(H,26,30)/t19-,21-/m1/s1. The van der Waals surface area contributed by atoms with Crippen molar-refractivity contribution in [2.24, 2.45) is 11.8 Å². The molecule has 8 nitrogen and oxygen atoms in total. The van der Waals surface area contributed by atoms with Gasteiger partial charge in [-0.05, 0) is 70.5 Å². The predicted molar refractivity (Wildman–Crippen MR) is 122 cm³/mol. The number of rotatable bonds is 7. The van der Waals surface area contributed by atoms with Crippen LogP contribution in [0.4, 0.5) is 4.79 Å². The van der Waals surface area contributed by atoms with E-state index >= 15 is 0 Å². The first-order valence-electron chi connectivity index (χ1n) is 11.6. The highest BCUT2D eigenvalue weighted by atomic mass is 16.6. The Morgan fingerprint density at radius 2 is 2.06 bits per heavy atom. The minimum absolute atomic E-state index is 0.000159. The van der Waals surface area contributed by atoms with E-state index in [2.05, 4.69) is 28.3 Å². The highest BCUT2D eigenvalue weighted by Gasteiger charge is 2.37. The lowest BCUT2D eigenvalue weighted by atomic mass is 9.91. The Bertz CT molecular complexity index is 746. The number of likely N-dealkylation sites (tertiary alicyclic amines) is 1. The third kappa shape index (κ3) is 7.45. The average molecular weight is 447 g/mol. The van der Waals surface area contributed by atoms with Gasteiger partial charge in [0.05, 0.1) is 0 Å². The maximum atomic E-state index is 13.5. The largest absolute Gasteiger partial charge is 0.444 e. The minimum Gasteiger partial charge on any atom is -0.444 e. The molecular formula is C24H38N4O4. The maximum absolute atomic E-state index is 13.5. The first-order valence-corrected chi connectivity index (χ1v) is 11.6. The molecule has 2 amide bonds. The van der Waals surface area contributed by atoms with Gasteiger partial charge in [-0.1, -0.05) is 6.07 Å². The summed E-state index contributed by atoms with van der Waals surface area (Å²) in [6.45, 7) is 9.90. The van der Waals surface area contributed by atoms with Crippen LogP contribution in [0.5, 0.6) is 0 Å². The van der Waals surface area contributed by atoms with E-state index in [0.29, 0.717) is 25.7 Å². The molecule has 0 spiro atoms. The molecule has 0 radical (unpaired) electrons. The topological polar surface area (TPSA) is 84.0 Å². The summed E-state index contributed by atoms with van der Waals surface area (Å²) in [4.78, 5) is 34.3. The Hall–Kier alpha value is -2.19. The lowest BCUT2D eigenvalue weighted by Gasteiger charge is -2.33. The second kappa shape index (κ2) is 11.1. The van der Waals surface area contributed by atoms with E-state index < -0.39 is 17.7 Å². The van der Waals surface area contributed by atoms with Gasteiger partial charge < -0.3 is 24.6 Å². The van der Waals surface area contributed by atoms with Gasteiger partial charge in [0.1, 0.15) is 11.6 Å². The van der Waals surface area contributed by atoms with E-state index in [1.807, 2.05) is 37.9 Å². The van der Waals surface area contributed by atoms with Crippen molar-refractivity contribution in [2.45, 2.75) is 58.2 Å². The third-order valence-corrected chi connectivity index (χ3v) is 6.02. The molecule has 1 aromatic rings. The summed E-state index contributed by atoms with van der Waals surface area (Å²) in [7, 11) is 2.10. The highest BCUT2D eigenvalue weighted by molar-refractivity contribution is 5.86. The van der Waals surface area contributed by atoms with E-state index in [-0.39, 0.29) is 11.8 Å². The number of carbonyl (C=O) groups excluding carboxylic acids is 2. The van der Waals surface area contributed by atoms with E-state index in [4.69, 9.17) is 9.47 Å². The molecule has 32 heavy (non-hydrogen) atoms. The van der Waals surface area contributed by atoms with Gasteiger partial charge in [0, 0.05) is 51.8 Å². The maximum Gasteiger partial charge on any atom is 0.408 e. The number of carbonyl (C=O) groups is 2. The number of nitrogens with one attached hydrogen (secondary N) is 1. The van der Waals surface area contributed by atoms with Gasteiger partial charge in [0.25, 0.3) is 0 Å².